The number of unbranched alkanes of at least 4 members (excludes halogenated alkanes) is 2. The molecule has 0 aliphatic carbocycles. The van der Waals surface area contributed by atoms with E-state index in [1.807, 2.05) is 0 Å². The first-order chi connectivity index (χ1) is 15.2. The maximum Gasteiger partial charge on any atom is 0.132 e. The van der Waals surface area contributed by atoms with Crippen LogP contribution in [0, 0.1) is 13.8 Å². The fourth-order valence-corrected chi connectivity index (χ4v) is 4.34. The second kappa shape index (κ2) is 12.3. The topological polar surface area (TPSA) is 57.5 Å². The third kappa shape index (κ3) is 7.56. The third-order valence-electron chi connectivity index (χ3n) is 7.06. The Morgan fingerprint density at radius 3 is 1.31 bits per heavy atom. The van der Waals surface area contributed by atoms with Crippen LogP contribution in [0.25, 0.3) is 0 Å². The van der Waals surface area contributed by atoms with Crippen molar-refractivity contribution in [3.8, 4) is 0 Å². The van der Waals surface area contributed by atoms with Gasteiger partial charge >= 0.3 is 0 Å². The number of hydrogen-bond donors (Lipinski definition) is 2. The van der Waals surface area contributed by atoms with Gasteiger partial charge < -0.3 is 10.2 Å². The summed E-state index contributed by atoms with van der Waals surface area (Å²) in [7, 11) is 0. The Bertz CT molecular complexity index is 755. The molecule has 0 heterocycles. The summed E-state index contributed by atoms with van der Waals surface area (Å²) in [6, 6.07) is 16.8. The molecule has 0 aliphatic rings. The van der Waals surface area contributed by atoms with Gasteiger partial charge in [-0.2, -0.15) is 0 Å². The first-order valence-corrected chi connectivity index (χ1v) is 12.1. The summed E-state index contributed by atoms with van der Waals surface area (Å²) in [5.41, 5.74) is 4.27. The molecule has 3 nitrogen and oxygen atoms in total. The molecule has 2 atom stereocenters. The zero-order valence-corrected chi connectivity index (χ0v) is 20.5. The van der Waals surface area contributed by atoms with Gasteiger partial charge in [-0.1, -0.05) is 86.3 Å². The summed E-state index contributed by atoms with van der Waals surface area (Å²) in [6.07, 6.45) is 6.61. The highest BCUT2D eigenvalue weighted by molar-refractivity contribution is 5.78. The molecule has 2 N–H and O–H groups in total. The average molecular weight is 439 g/mol. The van der Waals surface area contributed by atoms with Gasteiger partial charge in [-0.15, -0.1) is 0 Å². The van der Waals surface area contributed by atoms with E-state index in [1.54, 1.807) is 0 Å². The van der Waals surface area contributed by atoms with Crippen LogP contribution < -0.4 is 0 Å². The maximum absolute atomic E-state index is 12.3. The standard InChI is InChI=1S/C29H42O3/c1-23-11-15-25(16-12-23)28(3,21-30)19-7-5-9-27(32)10-6-8-20-29(4,22-31)26-17-13-24(2)14-18-26/h11-18,30-31H,5-10,19-22H2,1-4H3. The summed E-state index contributed by atoms with van der Waals surface area (Å²) in [4.78, 5) is 12.3. The van der Waals surface area contributed by atoms with Crippen LogP contribution in [0.3, 0.4) is 0 Å². The van der Waals surface area contributed by atoms with E-state index in [-0.39, 0.29) is 24.0 Å². The normalized spacial score (nSPS) is 15.2. The van der Waals surface area contributed by atoms with Crippen LogP contribution in [0.1, 0.15) is 87.5 Å². The quantitative estimate of drug-likeness (QED) is 0.346. The lowest BCUT2D eigenvalue weighted by Crippen LogP contribution is -2.26. The Balaban J connectivity index is 1.69. The number of aliphatic hydroxyl groups is 2. The van der Waals surface area contributed by atoms with Gasteiger partial charge in [0.15, 0.2) is 0 Å². The number of aryl methyl sites for hydroxylation is 2. The SMILES string of the molecule is Cc1ccc(C(C)(CO)CCCCC(=O)CCCCC(C)(CO)c2ccc(C)cc2)cc1. The predicted octanol–water partition coefficient (Wildman–Crippen LogP) is 6.19. The summed E-state index contributed by atoms with van der Waals surface area (Å²) < 4.78 is 0. The van der Waals surface area contributed by atoms with Crippen molar-refractivity contribution in [3.63, 3.8) is 0 Å². The first kappa shape index (κ1) is 26.3. The van der Waals surface area contributed by atoms with Crippen LogP contribution in [0.4, 0.5) is 0 Å². The van der Waals surface area contributed by atoms with E-state index < -0.39 is 0 Å². The molecule has 0 fully saturated rings. The van der Waals surface area contributed by atoms with Gasteiger partial charge in [-0.05, 0) is 50.7 Å². The molecule has 2 aromatic carbocycles. The van der Waals surface area contributed by atoms with Crippen molar-refractivity contribution in [2.45, 2.75) is 89.9 Å². The molecule has 176 valence electrons. The van der Waals surface area contributed by atoms with E-state index in [2.05, 4.69) is 76.2 Å². The molecule has 0 amide bonds. The van der Waals surface area contributed by atoms with Gasteiger partial charge in [0.05, 0.1) is 13.2 Å². The highest BCUT2D eigenvalue weighted by Crippen LogP contribution is 2.31. The number of aliphatic hydroxyl groups excluding tert-OH is 2. The minimum Gasteiger partial charge on any atom is -0.395 e. The van der Waals surface area contributed by atoms with Crippen LogP contribution in [-0.2, 0) is 15.6 Å². The van der Waals surface area contributed by atoms with Gasteiger partial charge in [0.1, 0.15) is 5.78 Å². The Morgan fingerprint density at radius 2 is 1.00 bits per heavy atom. The van der Waals surface area contributed by atoms with Crippen LogP contribution in [0.15, 0.2) is 48.5 Å². The molecule has 32 heavy (non-hydrogen) atoms. The Morgan fingerprint density at radius 1 is 0.656 bits per heavy atom. The third-order valence-corrected chi connectivity index (χ3v) is 7.06. The highest BCUT2D eigenvalue weighted by atomic mass is 16.3. The van der Waals surface area contributed by atoms with Gasteiger partial charge in [0, 0.05) is 23.7 Å². The number of carbonyl (C=O) groups excluding carboxylic acids is 1. The van der Waals surface area contributed by atoms with Crippen molar-refractivity contribution >= 4 is 5.78 Å². The van der Waals surface area contributed by atoms with Gasteiger partial charge in [-0.25, -0.2) is 0 Å². The molecule has 0 spiro atoms. The number of carbonyl (C=O) groups is 1. The zero-order valence-electron chi connectivity index (χ0n) is 20.5. The maximum atomic E-state index is 12.3. The van der Waals surface area contributed by atoms with Crippen LogP contribution in [0.5, 0.6) is 0 Å². The van der Waals surface area contributed by atoms with E-state index in [4.69, 9.17) is 0 Å². The Kier molecular flexibility index (Phi) is 10.1. The fourth-order valence-electron chi connectivity index (χ4n) is 4.34. The molecule has 2 aromatic rings. The highest BCUT2D eigenvalue weighted by Gasteiger charge is 2.26. The minimum atomic E-state index is -0.249. The molecule has 0 bridgehead atoms. The Labute approximate surface area is 194 Å². The molecule has 2 unspecified atom stereocenters. The predicted molar refractivity (Wildman–Crippen MR) is 133 cm³/mol. The van der Waals surface area contributed by atoms with Crippen LogP contribution >= 0.6 is 0 Å². The molecule has 3 heteroatoms. The van der Waals surface area contributed by atoms with E-state index >= 15 is 0 Å². The van der Waals surface area contributed by atoms with Gasteiger partial charge in [0.2, 0.25) is 0 Å². The smallest absolute Gasteiger partial charge is 0.132 e. The van der Waals surface area contributed by atoms with Crippen LogP contribution in [-0.4, -0.2) is 29.2 Å². The number of benzene rings is 2. The largest absolute Gasteiger partial charge is 0.395 e. The second-order valence-corrected chi connectivity index (χ2v) is 10.1. The summed E-state index contributed by atoms with van der Waals surface area (Å²) in [5, 5.41) is 19.9. The fraction of sp³-hybridized carbons (Fsp3) is 0.552. The van der Waals surface area contributed by atoms with E-state index in [0.717, 1.165) is 49.7 Å². The summed E-state index contributed by atoms with van der Waals surface area (Å²) >= 11 is 0. The molecule has 0 aliphatic heterocycles. The lowest BCUT2D eigenvalue weighted by atomic mass is 9.78. The number of Topliss-reactive ketones (excluding diaryl/α,β-unsaturated/α-hetero) is 1. The van der Waals surface area contributed by atoms with Gasteiger partial charge in [-0.3, -0.25) is 4.79 Å². The number of ketones is 1. The van der Waals surface area contributed by atoms with E-state index in [9.17, 15) is 15.0 Å². The van der Waals surface area contributed by atoms with Crippen molar-refractivity contribution in [1.82, 2.24) is 0 Å². The Hall–Kier alpha value is -1.97. The molecular weight excluding hydrogens is 396 g/mol. The molecular formula is C29H42O3. The van der Waals surface area contributed by atoms with E-state index in [0.29, 0.717) is 18.6 Å². The molecule has 0 saturated carbocycles. The van der Waals surface area contributed by atoms with Gasteiger partial charge in [0.25, 0.3) is 0 Å². The monoisotopic (exact) mass is 438 g/mol. The molecule has 2 rings (SSSR count). The first-order valence-electron chi connectivity index (χ1n) is 12.1. The number of hydrogen-bond acceptors (Lipinski definition) is 3. The summed E-state index contributed by atoms with van der Waals surface area (Å²) in [6.45, 7) is 8.58. The zero-order chi connectivity index (χ0) is 23.6. The second-order valence-electron chi connectivity index (χ2n) is 10.1. The van der Waals surface area contributed by atoms with Crippen molar-refractivity contribution < 1.29 is 15.0 Å². The molecule has 0 saturated heterocycles. The minimum absolute atomic E-state index is 0.120. The molecule has 0 radical (unpaired) electrons. The van der Waals surface area contributed by atoms with Crippen molar-refractivity contribution in [1.29, 1.82) is 0 Å². The van der Waals surface area contributed by atoms with E-state index in [1.165, 1.54) is 11.1 Å². The lowest BCUT2D eigenvalue weighted by Gasteiger charge is -2.28. The van der Waals surface area contributed by atoms with Crippen molar-refractivity contribution in [3.05, 3.63) is 70.8 Å². The van der Waals surface area contributed by atoms with Crippen molar-refractivity contribution in [2.24, 2.45) is 0 Å². The summed E-state index contributed by atoms with van der Waals surface area (Å²) in [5.74, 6) is 0.326. The van der Waals surface area contributed by atoms with Crippen LogP contribution in [0.2, 0.25) is 0 Å². The molecule has 0 aromatic heterocycles. The number of rotatable bonds is 14. The lowest BCUT2D eigenvalue weighted by molar-refractivity contribution is -0.119. The van der Waals surface area contributed by atoms with Crippen molar-refractivity contribution in [2.75, 3.05) is 13.2 Å². The average Bonchev–Trinajstić information content (AvgIpc) is 2.80.